The lowest BCUT2D eigenvalue weighted by Crippen LogP contribution is -2.30. The summed E-state index contributed by atoms with van der Waals surface area (Å²) in [6.07, 6.45) is 0.358. The lowest BCUT2D eigenvalue weighted by molar-refractivity contribution is -0.138. The van der Waals surface area contributed by atoms with Gasteiger partial charge in [-0.15, -0.1) is 0 Å². The van der Waals surface area contributed by atoms with Crippen molar-refractivity contribution >= 4 is 29.3 Å². The van der Waals surface area contributed by atoms with E-state index in [0.717, 1.165) is 16.8 Å². The number of carbonyl (C=O) groups is 2. The zero-order chi connectivity index (χ0) is 15.1. The van der Waals surface area contributed by atoms with Crippen LogP contribution >= 0.6 is 11.8 Å². The number of aliphatic carboxylic acids is 1. The number of carboxylic acid groups (broad SMARTS) is 1. The predicted octanol–water partition coefficient (Wildman–Crippen LogP) is 1.78. The molecule has 0 aliphatic heterocycles. The normalized spacial score (nSPS) is 11.9. The van der Waals surface area contributed by atoms with Gasteiger partial charge in [-0.05, 0) is 37.1 Å². The maximum absolute atomic E-state index is 11.8. The number of thioether (sulfide) groups is 1. The second-order valence-corrected chi connectivity index (χ2v) is 5.71. The molecule has 0 bridgehead atoms. The maximum atomic E-state index is 11.8. The number of nitrogens with two attached hydrogens (primary N) is 1. The molecule has 0 radical (unpaired) electrons. The standard InChI is InChI=1S/C14H20N2O3S/c1-9-4-3-5-10(2)13(9)16-12(17)8-20-7-6-11(15)14(18)19/h3-5,11H,6-8,15H2,1-2H3,(H,16,17)(H,18,19). The predicted molar refractivity (Wildman–Crippen MR) is 82.1 cm³/mol. The van der Waals surface area contributed by atoms with E-state index in [1.165, 1.54) is 11.8 Å². The first-order valence-corrected chi connectivity index (χ1v) is 7.49. The van der Waals surface area contributed by atoms with Crippen LogP contribution in [0.5, 0.6) is 0 Å². The Kier molecular flexibility index (Phi) is 6.54. The number of hydrogen-bond acceptors (Lipinski definition) is 4. The van der Waals surface area contributed by atoms with Gasteiger partial charge in [-0.1, -0.05) is 18.2 Å². The maximum Gasteiger partial charge on any atom is 0.320 e. The smallest absolute Gasteiger partial charge is 0.320 e. The van der Waals surface area contributed by atoms with E-state index in [4.69, 9.17) is 10.8 Å². The second-order valence-electron chi connectivity index (χ2n) is 4.60. The molecule has 0 spiro atoms. The van der Waals surface area contributed by atoms with Gasteiger partial charge in [-0.2, -0.15) is 11.8 Å². The van der Waals surface area contributed by atoms with Crippen molar-refractivity contribution in [2.75, 3.05) is 16.8 Å². The lowest BCUT2D eigenvalue weighted by Gasteiger charge is -2.11. The molecule has 110 valence electrons. The highest BCUT2D eigenvalue weighted by Crippen LogP contribution is 2.19. The number of nitrogens with one attached hydrogen (secondary N) is 1. The Balaban J connectivity index is 2.36. The minimum atomic E-state index is -1.01. The Bertz CT molecular complexity index is 471. The Morgan fingerprint density at radius 2 is 1.95 bits per heavy atom. The number of amides is 1. The first-order chi connectivity index (χ1) is 9.41. The average Bonchev–Trinajstić information content (AvgIpc) is 2.38. The summed E-state index contributed by atoms with van der Waals surface area (Å²) in [7, 11) is 0. The molecule has 0 aromatic heterocycles. The van der Waals surface area contributed by atoms with E-state index in [2.05, 4.69) is 5.32 Å². The number of benzene rings is 1. The summed E-state index contributed by atoms with van der Waals surface area (Å²) in [5.41, 5.74) is 8.28. The summed E-state index contributed by atoms with van der Waals surface area (Å²) >= 11 is 1.38. The third kappa shape index (κ3) is 5.22. The van der Waals surface area contributed by atoms with E-state index in [1.54, 1.807) is 0 Å². The zero-order valence-corrected chi connectivity index (χ0v) is 12.5. The summed E-state index contributed by atoms with van der Waals surface area (Å²) in [6.45, 7) is 3.89. The average molecular weight is 296 g/mol. The molecule has 1 rings (SSSR count). The molecule has 0 saturated carbocycles. The number of aryl methyl sites for hydroxylation is 2. The molecule has 1 aromatic rings. The van der Waals surface area contributed by atoms with Crippen LogP contribution in [0.15, 0.2) is 18.2 Å². The number of para-hydroxylation sites is 1. The quantitative estimate of drug-likeness (QED) is 0.667. The summed E-state index contributed by atoms with van der Waals surface area (Å²) < 4.78 is 0. The van der Waals surface area contributed by atoms with Crippen molar-refractivity contribution in [2.24, 2.45) is 5.73 Å². The van der Waals surface area contributed by atoms with Gasteiger partial charge in [-0.25, -0.2) is 0 Å². The van der Waals surface area contributed by atoms with Crippen LogP contribution < -0.4 is 11.1 Å². The van der Waals surface area contributed by atoms with Crippen LogP contribution in [0, 0.1) is 13.8 Å². The molecule has 0 saturated heterocycles. The van der Waals surface area contributed by atoms with Crippen molar-refractivity contribution in [2.45, 2.75) is 26.3 Å². The van der Waals surface area contributed by atoms with Crippen LogP contribution in [0.3, 0.4) is 0 Å². The molecule has 6 heteroatoms. The highest BCUT2D eigenvalue weighted by atomic mass is 32.2. The molecule has 1 unspecified atom stereocenters. The highest BCUT2D eigenvalue weighted by molar-refractivity contribution is 7.99. The van der Waals surface area contributed by atoms with Crippen LogP contribution in [0.1, 0.15) is 17.5 Å². The Labute approximate surface area is 122 Å². The van der Waals surface area contributed by atoms with Gasteiger partial charge in [0.05, 0.1) is 5.75 Å². The number of rotatable bonds is 7. The minimum absolute atomic E-state index is 0.0868. The second kappa shape index (κ2) is 7.91. The topological polar surface area (TPSA) is 92.4 Å². The van der Waals surface area contributed by atoms with E-state index < -0.39 is 12.0 Å². The van der Waals surface area contributed by atoms with Crippen LogP contribution in [-0.2, 0) is 9.59 Å². The molecule has 1 atom stereocenters. The van der Waals surface area contributed by atoms with Crippen molar-refractivity contribution in [3.05, 3.63) is 29.3 Å². The Hall–Kier alpha value is -1.53. The van der Waals surface area contributed by atoms with E-state index in [1.807, 2.05) is 32.0 Å². The van der Waals surface area contributed by atoms with Crippen LogP contribution in [0.2, 0.25) is 0 Å². The summed E-state index contributed by atoms with van der Waals surface area (Å²) in [5.74, 6) is -0.254. The Morgan fingerprint density at radius 1 is 1.35 bits per heavy atom. The molecule has 0 heterocycles. The van der Waals surface area contributed by atoms with Gasteiger partial charge < -0.3 is 16.2 Å². The summed E-state index contributed by atoms with van der Waals surface area (Å²) in [6, 6.07) is 4.98. The molecule has 5 nitrogen and oxygen atoms in total. The van der Waals surface area contributed by atoms with Gasteiger partial charge in [0, 0.05) is 5.69 Å². The van der Waals surface area contributed by atoms with E-state index in [9.17, 15) is 9.59 Å². The minimum Gasteiger partial charge on any atom is -0.480 e. The molecular weight excluding hydrogens is 276 g/mol. The van der Waals surface area contributed by atoms with Crippen molar-refractivity contribution in [3.63, 3.8) is 0 Å². The largest absolute Gasteiger partial charge is 0.480 e. The fraction of sp³-hybridized carbons (Fsp3) is 0.429. The third-order valence-electron chi connectivity index (χ3n) is 2.87. The monoisotopic (exact) mass is 296 g/mol. The van der Waals surface area contributed by atoms with Gasteiger partial charge >= 0.3 is 5.97 Å². The highest BCUT2D eigenvalue weighted by Gasteiger charge is 2.11. The van der Waals surface area contributed by atoms with Gasteiger partial charge in [0.2, 0.25) is 5.91 Å². The molecule has 20 heavy (non-hydrogen) atoms. The first kappa shape index (κ1) is 16.5. The fourth-order valence-electron chi connectivity index (χ4n) is 1.69. The van der Waals surface area contributed by atoms with Gasteiger partial charge in [0.25, 0.3) is 0 Å². The van der Waals surface area contributed by atoms with Gasteiger partial charge in [0.15, 0.2) is 0 Å². The number of carboxylic acids is 1. The van der Waals surface area contributed by atoms with Crippen LogP contribution in [0.25, 0.3) is 0 Å². The molecule has 1 amide bonds. The Morgan fingerprint density at radius 3 is 2.50 bits per heavy atom. The van der Waals surface area contributed by atoms with Crippen LogP contribution in [-0.4, -0.2) is 34.5 Å². The van der Waals surface area contributed by atoms with Gasteiger partial charge in [0.1, 0.15) is 6.04 Å². The van der Waals surface area contributed by atoms with Crippen molar-refractivity contribution < 1.29 is 14.7 Å². The van der Waals surface area contributed by atoms with Crippen molar-refractivity contribution in [1.29, 1.82) is 0 Å². The number of anilines is 1. The molecule has 4 N–H and O–H groups in total. The zero-order valence-electron chi connectivity index (χ0n) is 11.7. The molecule has 1 aromatic carbocycles. The molecule has 0 fully saturated rings. The van der Waals surface area contributed by atoms with E-state index in [-0.39, 0.29) is 5.91 Å². The van der Waals surface area contributed by atoms with E-state index >= 15 is 0 Å². The summed E-state index contributed by atoms with van der Waals surface area (Å²) in [4.78, 5) is 22.3. The van der Waals surface area contributed by atoms with Crippen LogP contribution in [0.4, 0.5) is 5.69 Å². The number of hydrogen-bond donors (Lipinski definition) is 3. The number of carbonyl (C=O) groups excluding carboxylic acids is 1. The van der Waals surface area contributed by atoms with Gasteiger partial charge in [-0.3, -0.25) is 9.59 Å². The fourth-order valence-corrected chi connectivity index (χ4v) is 2.51. The molecule has 0 aliphatic rings. The first-order valence-electron chi connectivity index (χ1n) is 6.34. The van der Waals surface area contributed by atoms with Crippen molar-refractivity contribution in [3.8, 4) is 0 Å². The molecular formula is C14H20N2O3S. The lowest BCUT2D eigenvalue weighted by atomic mass is 10.1. The SMILES string of the molecule is Cc1cccc(C)c1NC(=O)CSCCC(N)C(=O)O. The third-order valence-corrected chi connectivity index (χ3v) is 3.86. The summed E-state index contributed by atoms with van der Waals surface area (Å²) in [5, 5.41) is 11.5. The van der Waals surface area contributed by atoms with Crippen molar-refractivity contribution in [1.82, 2.24) is 0 Å². The molecule has 0 aliphatic carbocycles. The van der Waals surface area contributed by atoms with E-state index in [0.29, 0.717) is 17.9 Å².